The smallest absolute Gasteiger partial charge is 0.402 e. The van der Waals surface area contributed by atoms with Gasteiger partial charge in [0.1, 0.15) is 0 Å². The Morgan fingerprint density at radius 2 is 1.25 bits per heavy atom. The molecule has 0 aromatic heterocycles. The van der Waals surface area contributed by atoms with Crippen molar-refractivity contribution < 1.29 is 14.7 Å². The molecule has 0 heterocycles. The first-order valence-corrected chi connectivity index (χ1v) is 11.4. The summed E-state index contributed by atoms with van der Waals surface area (Å²) in [6.07, 6.45) is 1.15. The van der Waals surface area contributed by atoms with Gasteiger partial charge in [-0.25, -0.2) is 0 Å². The Morgan fingerprint density at radius 3 is 1.72 bits per heavy atom. The summed E-state index contributed by atoms with van der Waals surface area (Å²) in [5.41, 5.74) is 13.1. The van der Waals surface area contributed by atoms with Crippen molar-refractivity contribution in [2.75, 3.05) is 0 Å². The molecule has 32 heavy (non-hydrogen) atoms. The van der Waals surface area contributed by atoms with Crippen molar-refractivity contribution in [1.29, 1.82) is 0 Å². The lowest BCUT2D eigenvalue weighted by Gasteiger charge is -2.26. The van der Waals surface area contributed by atoms with Crippen LogP contribution in [0.4, 0.5) is 0 Å². The summed E-state index contributed by atoms with van der Waals surface area (Å²) < 4.78 is 5.62. The first kappa shape index (κ1) is 24.3. The molecule has 0 saturated carbocycles. The van der Waals surface area contributed by atoms with Gasteiger partial charge in [-0.05, 0) is 98.0 Å². The van der Waals surface area contributed by atoms with Gasteiger partial charge in [-0.15, -0.1) is 0 Å². The zero-order chi connectivity index (χ0) is 23.6. The SMILES string of the molecule is CCCC(OB(O)O)c1cccc(-c2c(C)cc(C)cc2C)c1-c1c(C)cc(C)cc1C. The Bertz CT molecular complexity index is 1070. The molecule has 3 aromatic carbocycles. The van der Waals surface area contributed by atoms with Crippen LogP contribution in [0.15, 0.2) is 42.5 Å². The number of hydrogen-bond donors (Lipinski definition) is 2. The molecule has 0 saturated heterocycles. The van der Waals surface area contributed by atoms with Crippen LogP contribution in [-0.4, -0.2) is 17.4 Å². The third kappa shape index (κ3) is 4.99. The van der Waals surface area contributed by atoms with Gasteiger partial charge in [0.2, 0.25) is 0 Å². The summed E-state index contributed by atoms with van der Waals surface area (Å²) in [5, 5.41) is 19.3. The van der Waals surface area contributed by atoms with E-state index in [9.17, 15) is 10.0 Å². The summed E-state index contributed by atoms with van der Waals surface area (Å²) in [6.45, 7) is 15.0. The third-order valence-electron chi connectivity index (χ3n) is 6.15. The minimum atomic E-state index is -1.81. The zero-order valence-corrected chi connectivity index (χ0v) is 20.4. The van der Waals surface area contributed by atoms with Gasteiger partial charge in [-0.3, -0.25) is 0 Å². The lowest BCUT2D eigenvalue weighted by Crippen LogP contribution is -2.21. The van der Waals surface area contributed by atoms with Crippen molar-refractivity contribution >= 4 is 7.32 Å². The van der Waals surface area contributed by atoms with E-state index in [0.29, 0.717) is 6.42 Å². The highest BCUT2D eigenvalue weighted by Gasteiger charge is 2.26. The van der Waals surface area contributed by atoms with E-state index in [1.807, 2.05) is 0 Å². The maximum absolute atomic E-state index is 9.66. The fourth-order valence-electron chi connectivity index (χ4n) is 5.21. The highest BCUT2D eigenvalue weighted by molar-refractivity contribution is 6.32. The zero-order valence-electron chi connectivity index (χ0n) is 20.4. The van der Waals surface area contributed by atoms with Gasteiger partial charge in [0.05, 0.1) is 6.10 Å². The van der Waals surface area contributed by atoms with E-state index in [0.717, 1.165) is 23.1 Å². The molecule has 1 atom stereocenters. The Kier molecular flexibility index (Phi) is 7.61. The van der Waals surface area contributed by atoms with Crippen LogP contribution < -0.4 is 0 Å². The summed E-state index contributed by atoms with van der Waals surface area (Å²) in [5.74, 6) is 0. The van der Waals surface area contributed by atoms with Gasteiger partial charge in [-0.2, -0.15) is 0 Å². The Morgan fingerprint density at radius 1 is 0.750 bits per heavy atom. The average Bonchev–Trinajstić information content (AvgIpc) is 2.66. The largest absolute Gasteiger partial charge is 0.634 e. The minimum Gasteiger partial charge on any atom is -0.402 e. The van der Waals surface area contributed by atoms with Crippen LogP contribution in [0.1, 0.15) is 64.8 Å². The van der Waals surface area contributed by atoms with Gasteiger partial charge in [0, 0.05) is 0 Å². The van der Waals surface area contributed by atoms with Crippen LogP contribution in [0.2, 0.25) is 0 Å². The van der Waals surface area contributed by atoms with Gasteiger partial charge in [0.15, 0.2) is 0 Å². The van der Waals surface area contributed by atoms with Crippen LogP contribution in [0.25, 0.3) is 22.3 Å². The highest BCUT2D eigenvalue weighted by Crippen LogP contribution is 2.44. The summed E-state index contributed by atoms with van der Waals surface area (Å²) in [7, 11) is -1.81. The van der Waals surface area contributed by atoms with Crippen molar-refractivity contribution in [2.45, 2.75) is 67.4 Å². The maximum Gasteiger partial charge on any atom is 0.634 e. The van der Waals surface area contributed by atoms with Crippen LogP contribution >= 0.6 is 0 Å². The van der Waals surface area contributed by atoms with Gasteiger partial charge in [0.25, 0.3) is 0 Å². The van der Waals surface area contributed by atoms with Crippen molar-refractivity contribution in [3.05, 3.63) is 81.4 Å². The first-order valence-electron chi connectivity index (χ1n) is 11.4. The predicted molar refractivity (Wildman–Crippen MR) is 135 cm³/mol. The molecule has 3 aromatic rings. The van der Waals surface area contributed by atoms with Crippen LogP contribution in [0.3, 0.4) is 0 Å². The lowest BCUT2D eigenvalue weighted by atomic mass is 9.81. The number of aryl methyl sites for hydroxylation is 6. The molecule has 0 aliphatic carbocycles. The molecule has 0 amide bonds. The number of rotatable bonds is 7. The maximum atomic E-state index is 9.66. The van der Waals surface area contributed by atoms with Crippen LogP contribution in [-0.2, 0) is 4.65 Å². The van der Waals surface area contributed by atoms with Gasteiger partial charge < -0.3 is 14.7 Å². The van der Waals surface area contributed by atoms with E-state index >= 15 is 0 Å². The van der Waals surface area contributed by atoms with Crippen molar-refractivity contribution in [3.63, 3.8) is 0 Å². The Balaban J connectivity index is 2.43. The van der Waals surface area contributed by atoms with E-state index < -0.39 is 13.4 Å². The number of hydrogen-bond acceptors (Lipinski definition) is 3. The molecule has 0 spiro atoms. The second kappa shape index (κ2) is 10.0. The fourth-order valence-corrected chi connectivity index (χ4v) is 5.21. The first-order chi connectivity index (χ1) is 15.1. The van der Waals surface area contributed by atoms with Gasteiger partial charge in [-0.1, -0.05) is 66.9 Å². The number of benzene rings is 3. The molecule has 1 unspecified atom stereocenters. The quantitative estimate of drug-likeness (QED) is 0.410. The average molecular weight is 430 g/mol. The summed E-state index contributed by atoms with van der Waals surface area (Å²) in [4.78, 5) is 0. The van der Waals surface area contributed by atoms with Crippen LogP contribution in [0, 0.1) is 41.5 Å². The minimum absolute atomic E-state index is 0.416. The summed E-state index contributed by atoms with van der Waals surface area (Å²) in [6, 6.07) is 15.2. The molecule has 2 N–H and O–H groups in total. The van der Waals surface area contributed by atoms with E-state index in [4.69, 9.17) is 4.65 Å². The second-order valence-corrected chi connectivity index (χ2v) is 9.06. The van der Waals surface area contributed by atoms with E-state index in [2.05, 4.69) is 90.9 Å². The predicted octanol–water partition coefficient (Wildman–Crippen LogP) is 6.70. The summed E-state index contributed by atoms with van der Waals surface area (Å²) >= 11 is 0. The van der Waals surface area contributed by atoms with Crippen molar-refractivity contribution in [2.24, 2.45) is 0 Å². The topological polar surface area (TPSA) is 49.7 Å². The fraction of sp³-hybridized carbons (Fsp3) is 0.357. The van der Waals surface area contributed by atoms with E-state index in [1.54, 1.807) is 0 Å². The molecule has 0 aliphatic rings. The van der Waals surface area contributed by atoms with Crippen LogP contribution in [0.5, 0.6) is 0 Å². The van der Waals surface area contributed by atoms with E-state index in [-0.39, 0.29) is 0 Å². The Labute approximate surface area is 193 Å². The van der Waals surface area contributed by atoms with Crippen molar-refractivity contribution in [3.8, 4) is 22.3 Å². The second-order valence-electron chi connectivity index (χ2n) is 9.06. The molecular formula is C28H35BO3. The third-order valence-corrected chi connectivity index (χ3v) is 6.15. The molecule has 3 nitrogen and oxygen atoms in total. The lowest BCUT2D eigenvalue weighted by molar-refractivity contribution is 0.112. The molecule has 0 radical (unpaired) electrons. The standard InChI is InChI=1S/C28H35BO3/c1-8-10-25(32-29(30)31)23-11-9-12-24(26-19(4)13-17(2)14-20(26)5)28(23)27-21(6)15-18(3)16-22(27)7/h9,11-16,25,30-31H,8,10H2,1-7H3. The molecule has 3 rings (SSSR count). The normalized spacial score (nSPS) is 12.2. The molecule has 0 aliphatic heterocycles. The molecular weight excluding hydrogens is 395 g/mol. The van der Waals surface area contributed by atoms with Crippen molar-refractivity contribution in [1.82, 2.24) is 0 Å². The van der Waals surface area contributed by atoms with E-state index in [1.165, 1.54) is 44.5 Å². The highest BCUT2D eigenvalue weighted by atomic mass is 16.6. The Hall–Kier alpha value is -2.40. The monoisotopic (exact) mass is 430 g/mol. The van der Waals surface area contributed by atoms with Gasteiger partial charge >= 0.3 is 7.32 Å². The molecule has 0 fully saturated rings. The molecule has 4 heteroatoms. The molecule has 168 valence electrons. The molecule has 0 bridgehead atoms.